The summed E-state index contributed by atoms with van der Waals surface area (Å²) >= 11 is 0. The second kappa shape index (κ2) is 8.05. The van der Waals surface area contributed by atoms with E-state index in [1.165, 1.54) is 0 Å². The van der Waals surface area contributed by atoms with E-state index in [2.05, 4.69) is 19.9 Å². The summed E-state index contributed by atoms with van der Waals surface area (Å²) in [6.07, 6.45) is 2.18. The molecule has 0 aliphatic carbocycles. The molecule has 0 amide bonds. The van der Waals surface area contributed by atoms with Crippen LogP contribution in [0.1, 0.15) is 52.1 Å². The van der Waals surface area contributed by atoms with Gasteiger partial charge in [0.2, 0.25) is 0 Å². The molecule has 0 aromatic heterocycles. The first kappa shape index (κ1) is 15.8. The molecule has 0 radical (unpaired) electrons. The predicted octanol–water partition coefficient (Wildman–Crippen LogP) is 3.92. The highest BCUT2D eigenvalue weighted by Crippen LogP contribution is 2.33. The molecule has 108 valence electrons. The van der Waals surface area contributed by atoms with Gasteiger partial charge in [-0.05, 0) is 37.5 Å². The third-order valence-electron chi connectivity index (χ3n) is 3.51. The summed E-state index contributed by atoms with van der Waals surface area (Å²) in [5.41, 5.74) is 7.48. The predicted molar refractivity (Wildman–Crippen MR) is 79.8 cm³/mol. The van der Waals surface area contributed by atoms with E-state index in [-0.39, 0.29) is 6.04 Å². The van der Waals surface area contributed by atoms with Crippen LogP contribution in [0.4, 0.5) is 0 Å². The third kappa shape index (κ3) is 4.13. The van der Waals surface area contributed by atoms with Crippen LogP contribution >= 0.6 is 0 Å². The normalized spacial score (nSPS) is 12.5. The van der Waals surface area contributed by atoms with E-state index in [1.807, 2.05) is 26.0 Å². The van der Waals surface area contributed by atoms with E-state index < -0.39 is 0 Å². The standard InChI is InChI=1S/C16H27NO2/c1-5-12(6-2)16(17)13-9-10-14(18-7-3)15(11-13)19-8-4/h9-12,16H,5-8,17H2,1-4H3. The third-order valence-corrected chi connectivity index (χ3v) is 3.51. The highest BCUT2D eigenvalue weighted by Gasteiger charge is 2.18. The summed E-state index contributed by atoms with van der Waals surface area (Å²) < 4.78 is 11.2. The molecule has 0 aliphatic heterocycles. The van der Waals surface area contributed by atoms with Gasteiger partial charge in [-0.15, -0.1) is 0 Å². The summed E-state index contributed by atoms with van der Waals surface area (Å²) in [4.78, 5) is 0. The van der Waals surface area contributed by atoms with Crippen LogP contribution in [-0.2, 0) is 0 Å². The molecule has 1 aromatic carbocycles. The van der Waals surface area contributed by atoms with Crippen LogP contribution in [0.3, 0.4) is 0 Å². The van der Waals surface area contributed by atoms with E-state index >= 15 is 0 Å². The molecular weight excluding hydrogens is 238 g/mol. The van der Waals surface area contributed by atoms with Gasteiger partial charge in [-0.25, -0.2) is 0 Å². The lowest BCUT2D eigenvalue weighted by Crippen LogP contribution is -2.20. The maximum atomic E-state index is 6.35. The van der Waals surface area contributed by atoms with Crippen molar-refractivity contribution in [2.45, 2.75) is 46.6 Å². The second-order valence-electron chi connectivity index (χ2n) is 4.67. The van der Waals surface area contributed by atoms with Crippen molar-refractivity contribution in [3.63, 3.8) is 0 Å². The molecular formula is C16H27NO2. The summed E-state index contributed by atoms with van der Waals surface area (Å²) in [6.45, 7) is 9.59. The lowest BCUT2D eigenvalue weighted by molar-refractivity contribution is 0.286. The number of ether oxygens (including phenoxy) is 2. The first-order valence-electron chi connectivity index (χ1n) is 7.32. The van der Waals surface area contributed by atoms with Crippen LogP contribution in [0, 0.1) is 5.92 Å². The van der Waals surface area contributed by atoms with Crippen molar-refractivity contribution in [1.82, 2.24) is 0 Å². The Balaban J connectivity index is 2.99. The molecule has 0 saturated carbocycles. The maximum absolute atomic E-state index is 6.35. The minimum atomic E-state index is 0.0601. The van der Waals surface area contributed by atoms with Crippen LogP contribution in [0.5, 0.6) is 11.5 Å². The Bertz CT molecular complexity index is 375. The fourth-order valence-corrected chi connectivity index (χ4v) is 2.34. The maximum Gasteiger partial charge on any atom is 0.161 e. The van der Waals surface area contributed by atoms with Gasteiger partial charge in [-0.1, -0.05) is 32.8 Å². The highest BCUT2D eigenvalue weighted by molar-refractivity contribution is 5.44. The van der Waals surface area contributed by atoms with Crippen molar-refractivity contribution >= 4 is 0 Å². The van der Waals surface area contributed by atoms with Crippen molar-refractivity contribution in [2.24, 2.45) is 11.7 Å². The quantitative estimate of drug-likeness (QED) is 0.774. The van der Waals surface area contributed by atoms with Crippen molar-refractivity contribution in [2.75, 3.05) is 13.2 Å². The molecule has 19 heavy (non-hydrogen) atoms. The van der Waals surface area contributed by atoms with Crippen LogP contribution < -0.4 is 15.2 Å². The van der Waals surface area contributed by atoms with Crippen molar-refractivity contribution in [3.8, 4) is 11.5 Å². The van der Waals surface area contributed by atoms with Gasteiger partial charge in [0.05, 0.1) is 13.2 Å². The fourth-order valence-electron chi connectivity index (χ4n) is 2.34. The van der Waals surface area contributed by atoms with Crippen LogP contribution in [-0.4, -0.2) is 13.2 Å². The Kier molecular flexibility index (Phi) is 6.71. The van der Waals surface area contributed by atoms with Gasteiger partial charge in [0.15, 0.2) is 11.5 Å². The summed E-state index contributed by atoms with van der Waals surface area (Å²) in [7, 11) is 0. The lowest BCUT2D eigenvalue weighted by atomic mass is 9.89. The van der Waals surface area contributed by atoms with E-state index in [0.29, 0.717) is 19.1 Å². The Morgan fingerprint density at radius 3 is 2.05 bits per heavy atom. The monoisotopic (exact) mass is 265 g/mol. The first-order valence-corrected chi connectivity index (χ1v) is 7.32. The number of rotatable bonds is 8. The smallest absolute Gasteiger partial charge is 0.161 e. The van der Waals surface area contributed by atoms with E-state index in [9.17, 15) is 0 Å². The Hall–Kier alpha value is -1.22. The molecule has 3 heteroatoms. The SMILES string of the molecule is CCOc1ccc(C(N)C(CC)CC)cc1OCC. The van der Waals surface area contributed by atoms with Gasteiger partial charge in [0, 0.05) is 6.04 Å². The minimum Gasteiger partial charge on any atom is -0.490 e. The zero-order valence-electron chi connectivity index (χ0n) is 12.6. The topological polar surface area (TPSA) is 44.5 Å². The first-order chi connectivity index (χ1) is 9.17. The molecule has 2 N–H and O–H groups in total. The van der Waals surface area contributed by atoms with E-state index in [4.69, 9.17) is 15.2 Å². The van der Waals surface area contributed by atoms with Crippen molar-refractivity contribution in [3.05, 3.63) is 23.8 Å². The average molecular weight is 265 g/mol. The zero-order chi connectivity index (χ0) is 14.3. The van der Waals surface area contributed by atoms with Crippen LogP contribution in [0.2, 0.25) is 0 Å². The fraction of sp³-hybridized carbons (Fsp3) is 0.625. The van der Waals surface area contributed by atoms with Crippen molar-refractivity contribution < 1.29 is 9.47 Å². The Morgan fingerprint density at radius 1 is 0.947 bits per heavy atom. The van der Waals surface area contributed by atoms with E-state index in [1.54, 1.807) is 0 Å². The molecule has 1 rings (SSSR count). The van der Waals surface area contributed by atoms with E-state index in [0.717, 1.165) is 29.9 Å². The summed E-state index contributed by atoms with van der Waals surface area (Å²) in [6, 6.07) is 6.10. The molecule has 0 aliphatic rings. The Morgan fingerprint density at radius 2 is 1.53 bits per heavy atom. The molecule has 0 heterocycles. The largest absolute Gasteiger partial charge is 0.490 e. The minimum absolute atomic E-state index is 0.0601. The molecule has 1 atom stereocenters. The second-order valence-corrected chi connectivity index (χ2v) is 4.67. The van der Waals surface area contributed by atoms with Crippen LogP contribution in [0.25, 0.3) is 0 Å². The molecule has 0 bridgehead atoms. The molecule has 0 saturated heterocycles. The number of hydrogen-bond donors (Lipinski definition) is 1. The van der Waals surface area contributed by atoms with Gasteiger partial charge in [-0.2, -0.15) is 0 Å². The zero-order valence-corrected chi connectivity index (χ0v) is 12.6. The number of benzene rings is 1. The summed E-state index contributed by atoms with van der Waals surface area (Å²) in [5, 5.41) is 0. The van der Waals surface area contributed by atoms with Gasteiger partial charge < -0.3 is 15.2 Å². The van der Waals surface area contributed by atoms with Gasteiger partial charge in [0.1, 0.15) is 0 Å². The molecule has 0 spiro atoms. The van der Waals surface area contributed by atoms with Crippen molar-refractivity contribution in [1.29, 1.82) is 0 Å². The molecule has 3 nitrogen and oxygen atoms in total. The average Bonchev–Trinajstić information content (AvgIpc) is 2.42. The van der Waals surface area contributed by atoms with Gasteiger partial charge >= 0.3 is 0 Å². The van der Waals surface area contributed by atoms with Gasteiger partial charge in [-0.3, -0.25) is 0 Å². The molecule has 1 aromatic rings. The Labute approximate surface area is 117 Å². The summed E-state index contributed by atoms with van der Waals surface area (Å²) in [5.74, 6) is 2.10. The number of nitrogens with two attached hydrogens (primary N) is 1. The van der Waals surface area contributed by atoms with Gasteiger partial charge in [0.25, 0.3) is 0 Å². The molecule has 1 unspecified atom stereocenters. The van der Waals surface area contributed by atoms with Crippen LogP contribution in [0.15, 0.2) is 18.2 Å². The lowest BCUT2D eigenvalue weighted by Gasteiger charge is -2.22. The molecule has 0 fully saturated rings. The highest BCUT2D eigenvalue weighted by atomic mass is 16.5. The number of hydrogen-bond acceptors (Lipinski definition) is 3.